The summed E-state index contributed by atoms with van der Waals surface area (Å²) < 4.78 is 0. The summed E-state index contributed by atoms with van der Waals surface area (Å²) >= 11 is 0. The molecule has 0 saturated heterocycles. The van der Waals surface area contributed by atoms with Crippen LogP contribution in [0.4, 0.5) is 5.69 Å². The summed E-state index contributed by atoms with van der Waals surface area (Å²) in [4.78, 5) is 25.7. The third kappa shape index (κ3) is 4.85. The van der Waals surface area contributed by atoms with Crippen molar-refractivity contribution in [2.75, 3.05) is 11.9 Å². The van der Waals surface area contributed by atoms with Crippen molar-refractivity contribution in [1.82, 2.24) is 5.32 Å². The normalized spacial score (nSPS) is 14.7. The fraction of sp³-hybridized carbons (Fsp3) is 0.259. The largest absolute Gasteiger partial charge is 0.352 e. The maximum Gasteiger partial charge on any atom is 0.251 e. The fourth-order valence-electron chi connectivity index (χ4n) is 4.41. The van der Waals surface area contributed by atoms with Gasteiger partial charge < -0.3 is 10.6 Å². The van der Waals surface area contributed by atoms with Crippen LogP contribution < -0.4 is 10.6 Å². The van der Waals surface area contributed by atoms with E-state index in [-0.39, 0.29) is 11.8 Å². The summed E-state index contributed by atoms with van der Waals surface area (Å²) in [6.07, 6.45) is 4.65. The molecule has 4 nitrogen and oxygen atoms in total. The standard InChI is InChI=1S/C27H28N2O2/c30-25(28-20-17-21-9-3-1-4-10-21)22-13-15-24(16-14-22)29-26(31)27(18-7-8-19-27)23-11-5-2-6-12-23/h1-6,9-16H,7-8,17-20H2,(H,28,30)(H,29,31). The van der Waals surface area contributed by atoms with E-state index < -0.39 is 5.41 Å². The molecule has 2 N–H and O–H groups in total. The van der Waals surface area contributed by atoms with Gasteiger partial charge in [-0.05, 0) is 54.7 Å². The molecule has 4 rings (SSSR count). The topological polar surface area (TPSA) is 58.2 Å². The van der Waals surface area contributed by atoms with Crippen molar-refractivity contribution in [1.29, 1.82) is 0 Å². The lowest BCUT2D eigenvalue weighted by Gasteiger charge is -2.28. The van der Waals surface area contributed by atoms with Crippen LogP contribution in [0.2, 0.25) is 0 Å². The Morgan fingerprint density at radius 2 is 1.39 bits per heavy atom. The predicted molar refractivity (Wildman–Crippen MR) is 124 cm³/mol. The van der Waals surface area contributed by atoms with Crippen molar-refractivity contribution in [3.63, 3.8) is 0 Å². The Bertz CT molecular complexity index is 1010. The van der Waals surface area contributed by atoms with Crippen LogP contribution in [0.15, 0.2) is 84.9 Å². The summed E-state index contributed by atoms with van der Waals surface area (Å²) in [5.74, 6) is -0.0679. The molecule has 2 amide bonds. The number of hydrogen-bond donors (Lipinski definition) is 2. The maximum atomic E-state index is 13.2. The molecule has 158 valence electrons. The number of hydrogen-bond acceptors (Lipinski definition) is 2. The van der Waals surface area contributed by atoms with E-state index in [1.807, 2.05) is 48.5 Å². The SMILES string of the molecule is O=C(NCCc1ccccc1)c1ccc(NC(=O)C2(c3ccccc3)CCCC2)cc1. The molecule has 0 bridgehead atoms. The lowest BCUT2D eigenvalue weighted by molar-refractivity contribution is -0.121. The Morgan fingerprint density at radius 3 is 2.03 bits per heavy atom. The van der Waals surface area contributed by atoms with Crippen LogP contribution in [0.1, 0.15) is 47.2 Å². The van der Waals surface area contributed by atoms with Crippen molar-refractivity contribution in [2.24, 2.45) is 0 Å². The molecule has 1 saturated carbocycles. The van der Waals surface area contributed by atoms with Gasteiger partial charge in [0.25, 0.3) is 5.91 Å². The van der Waals surface area contributed by atoms with Gasteiger partial charge in [0.1, 0.15) is 0 Å². The molecule has 1 aliphatic carbocycles. The first kappa shape index (κ1) is 20.9. The van der Waals surface area contributed by atoms with Gasteiger partial charge in [-0.2, -0.15) is 0 Å². The van der Waals surface area contributed by atoms with Gasteiger partial charge in [0.05, 0.1) is 5.41 Å². The Morgan fingerprint density at radius 1 is 0.774 bits per heavy atom. The molecular formula is C27H28N2O2. The molecule has 3 aromatic carbocycles. The zero-order valence-corrected chi connectivity index (χ0v) is 17.6. The van der Waals surface area contributed by atoms with Gasteiger partial charge in [0, 0.05) is 17.8 Å². The molecule has 4 heteroatoms. The van der Waals surface area contributed by atoms with E-state index in [4.69, 9.17) is 0 Å². The van der Waals surface area contributed by atoms with E-state index in [2.05, 4.69) is 22.8 Å². The summed E-state index contributed by atoms with van der Waals surface area (Å²) in [5.41, 5.74) is 3.12. The van der Waals surface area contributed by atoms with Gasteiger partial charge in [-0.1, -0.05) is 73.5 Å². The van der Waals surface area contributed by atoms with E-state index in [0.29, 0.717) is 17.8 Å². The lowest BCUT2D eigenvalue weighted by Crippen LogP contribution is -2.38. The molecule has 0 heterocycles. The van der Waals surface area contributed by atoms with Gasteiger partial charge in [0.15, 0.2) is 0 Å². The number of anilines is 1. The van der Waals surface area contributed by atoms with Crippen molar-refractivity contribution in [2.45, 2.75) is 37.5 Å². The summed E-state index contributed by atoms with van der Waals surface area (Å²) in [7, 11) is 0. The highest BCUT2D eigenvalue weighted by Crippen LogP contribution is 2.42. The number of nitrogens with one attached hydrogen (secondary N) is 2. The highest BCUT2D eigenvalue weighted by Gasteiger charge is 2.42. The molecule has 1 aliphatic rings. The van der Waals surface area contributed by atoms with Crippen molar-refractivity contribution in [3.8, 4) is 0 Å². The van der Waals surface area contributed by atoms with Crippen LogP contribution in [-0.2, 0) is 16.6 Å². The molecule has 0 unspecified atom stereocenters. The second kappa shape index (κ2) is 9.61. The highest BCUT2D eigenvalue weighted by molar-refractivity contribution is 6.00. The molecule has 0 atom stereocenters. The summed E-state index contributed by atoms with van der Waals surface area (Å²) in [5, 5.41) is 6.04. The monoisotopic (exact) mass is 412 g/mol. The molecule has 1 fully saturated rings. The lowest BCUT2D eigenvalue weighted by atomic mass is 9.78. The van der Waals surface area contributed by atoms with Gasteiger partial charge in [-0.25, -0.2) is 0 Å². The van der Waals surface area contributed by atoms with Crippen molar-refractivity contribution < 1.29 is 9.59 Å². The van der Waals surface area contributed by atoms with Gasteiger partial charge in [0.2, 0.25) is 5.91 Å². The van der Waals surface area contributed by atoms with E-state index in [1.165, 1.54) is 5.56 Å². The second-order valence-electron chi connectivity index (χ2n) is 8.18. The first-order chi connectivity index (χ1) is 15.2. The number of rotatable bonds is 7. The molecule has 3 aromatic rings. The fourth-order valence-corrected chi connectivity index (χ4v) is 4.41. The third-order valence-electron chi connectivity index (χ3n) is 6.17. The minimum atomic E-state index is -0.464. The second-order valence-corrected chi connectivity index (χ2v) is 8.18. The quantitative estimate of drug-likeness (QED) is 0.567. The van der Waals surface area contributed by atoms with Crippen LogP contribution >= 0.6 is 0 Å². The minimum absolute atomic E-state index is 0.0382. The Kier molecular flexibility index (Phi) is 6.46. The maximum absolute atomic E-state index is 13.2. The summed E-state index contributed by atoms with van der Waals surface area (Å²) in [6, 6.07) is 27.3. The Hall–Kier alpha value is -3.40. The molecule has 0 radical (unpaired) electrons. The molecular weight excluding hydrogens is 384 g/mol. The van der Waals surface area contributed by atoms with Crippen LogP contribution in [-0.4, -0.2) is 18.4 Å². The molecule has 0 spiro atoms. The first-order valence-corrected chi connectivity index (χ1v) is 11.0. The van der Waals surface area contributed by atoms with Gasteiger partial charge in [-0.3, -0.25) is 9.59 Å². The van der Waals surface area contributed by atoms with E-state index in [1.54, 1.807) is 24.3 Å². The van der Waals surface area contributed by atoms with Crippen molar-refractivity contribution in [3.05, 3.63) is 102 Å². The van der Waals surface area contributed by atoms with Gasteiger partial charge >= 0.3 is 0 Å². The Labute approximate surface area is 183 Å². The van der Waals surface area contributed by atoms with Gasteiger partial charge in [-0.15, -0.1) is 0 Å². The molecule has 0 aromatic heterocycles. The molecule has 0 aliphatic heterocycles. The number of carbonyl (C=O) groups excluding carboxylic acids is 2. The zero-order valence-electron chi connectivity index (χ0n) is 17.6. The predicted octanol–water partition coefficient (Wildman–Crippen LogP) is 5.11. The minimum Gasteiger partial charge on any atom is -0.352 e. The van der Waals surface area contributed by atoms with E-state index >= 15 is 0 Å². The summed E-state index contributed by atoms with van der Waals surface area (Å²) in [6.45, 7) is 0.584. The van der Waals surface area contributed by atoms with Crippen molar-refractivity contribution >= 4 is 17.5 Å². The van der Waals surface area contributed by atoms with Crippen LogP contribution in [0.5, 0.6) is 0 Å². The highest BCUT2D eigenvalue weighted by atomic mass is 16.2. The average molecular weight is 413 g/mol. The van der Waals surface area contributed by atoms with Crippen LogP contribution in [0.3, 0.4) is 0 Å². The third-order valence-corrected chi connectivity index (χ3v) is 6.17. The number of benzene rings is 3. The van der Waals surface area contributed by atoms with Crippen LogP contribution in [0.25, 0.3) is 0 Å². The first-order valence-electron chi connectivity index (χ1n) is 11.0. The molecule has 31 heavy (non-hydrogen) atoms. The zero-order chi connectivity index (χ0) is 21.5. The van der Waals surface area contributed by atoms with E-state index in [9.17, 15) is 9.59 Å². The average Bonchev–Trinajstić information content (AvgIpc) is 3.32. The number of amides is 2. The van der Waals surface area contributed by atoms with E-state index in [0.717, 1.165) is 37.7 Å². The Balaban J connectivity index is 1.36. The smallest absolute Gasteiger partial charge is 0.251 e. The number of carbonyl (C=O) groups is 2. The van der Waals surface area contributed by atoms with Crippen LogP contribution in [0, 0.1) is 0 Å².